The predicted molar refractivity (Wildman–Crippen MR) is 105 cm³/mol. The topological polar surface area (TPSA) is 69.0 Å². The monoisotopic (exact) mass is 379 g/mol. The zero-order chi connectivity index (χ0) is 19.7. The van der Waals surface area contributed by atoms with Crippen LogP contribution in [0.2, 0.25) is 0 Å². The van der Waals surface area contributed by atoms with E-state index in [1.807, 2.05) is 36.4 Å². The standard InChI is InChI=1S/C22H21NO5/c1-3-26-22(25)19-14(2)28-23(15-9-5-4-6-10-15)20(19)17-13-27-18-12-8-7-11-16(18)21(17)24/h4-14,19-20H,3H2,1-2H3/t14-,19-,20+/m0/s1. The van der Waals surface area contributed by atoms with Gasteiger partial charge in [-0.15, -0.1) is 0 Å². The molecule has 6 nitrogen and oxygen atoms in total. The van der Waals surface area contributed by atoms with Crippen molar-refractivity contribution in [3.05, 3.63) is 76.6 Å². The van der Waals surface area contributed by atoms with Crippen molar-refractivity contribution in [2.24, 2.45) is 5.92 Å². The Labute approximate surface area is 162 Å². The fraction of sp³-hybridized carbons (Fsp3) is 0.273. The van der Waals surface area contributed by atoms with Crippen LogP contribution in [0.3, 0.4) is 0 Å². The van der Waals surface area contributed by atoms with Crippen molar-refractivity contribution >= 4 is 22.6 Å². The second-order valence-corrected chi connectivity index (χ2v) is 6.71. The molecule has 0 aliphatic carbocycles. The van der Waals surface area contributed by atoms with Gasteiger partial charge in [0.15, 0.2) is 5.43 Å². The van der Waals surface area contributed by atoms with Gasteiger partial charge in [0.05, 0.1) is 29.3 Å². The number of nitrogens with zero attached hydrogens (tertiary/aromatic N) is 1. The van der Waals surface area contributed by atoms with E-state index in [0.717, 1.165) is 5.69 Å². The number of ether oxygens (including phenoxy) is 1. The Morgan fingerprint density at radius 1 is 1.11 bits per heavy atom. The summed E-state index contributed by atoms with van der Waals surface area (Å²) < 4.78 is 11.0. The molecule has 144 valence electrons. The minimum Gasteiger partial charge on any atom is -0.466 e. The number of hydroxylamine groups is 1. The van der Waals surface area contributed by atoms with Gasteiger partial charge in [-0.2, -0.15) is 0 Å². The first kappa shape index (κ1) is 18.3. The van der Waals surface area contributed by atoms with E-state index < -0.39 is 24.0 Å². The summed E-state index contributed by atoms with van der Waals surface area (Å²) in [6.07, 6.45) is 0.967. The highest BCUT2D eigenvalue weighted by molar-refractivity contribution is 5.79. The van der Waals surface area contributed by atoms with E-state index in [2.05, 4.69) is 0 Å². The molecule has 0 unspecified atom stereocenters. The van der Waals surface area contributed by atoms with Crippen molar-refractivity contribution in [3.8, 4) is 0 Å². The Bertz CT molecular complexity index is 1050. The fourth-order valence-electron chi connectivity index (χ4n) is 3.69. The van der Waals surface area contributed by atoms with E-state index in [-0.39, 0.29) is 12.0 Å². The molecule has 0 N–H and O–H groups in total. The van der Waals surface area contributed by atoms with Crippen molar-refractivity contribution in [2.75, 3.05) is 11.7 Å². The second-order valence-electron chi connectivity index (χ2n) is 6.71. The largest absolute Gasteiger partial charge is 0.466 e. The number of benzene rings is 2. The van der Waals surface area contributed by atoms with E-state index in [0.29, 0.717) is 16.5 Å². The highest BCUT2D eigenvalue weighted by Gasteiger charge is 2.48. The van der Waals surface area contributed by atoms with Crippen molar-refractivity contribution in [3.63, 3.8) is 0 Å². The minimum absolute atomic E-state index is 0.181. The van der Waals surface area contributed by atoms with Crippen LogP contribution >= 0.6 is 0 Å². The number of carbonyl (C=O) groups is 1. The van der Waals surface area contributed by atoms with E-state index in [4.69, 9.17) is 14.0 Å². The van der Waals surface area contributed by atoms with Gasteiger partial charge in [0.25, 0.3) is 0 Å². The molecule has 4 rings (SSSR count). The fourth-order valence-corrected chi connectivity index (χ4v) is 3.69. The van der Waals surface area contributed by atoms with Gasteiger partial charge in [-0.3, -0.25) is 14.4 Å². The molecule has 1 saturated heterocycles. The number of para-hydroxylation sites is 2. The predicted octanol–water partition coefficient (Wildman–Crippen LogP) is 3.85. The highest BCUT2D eigenvalue weighted by Crippen LogP contribution is 2.42. The summed E-state index contributed by atoms with van der Waals surface area (Å²) in [5.74, 6) is -1.06. The summed E-state index contributed by atoms with van der Waals surface area (Å²) in [6, 6.07) is 15.8. The maximum absolute atomic E-state index is 13.2. The van der Waals surface area contributed by atoms with Gasteiger partial charge < -0.3 is 9.15 Å². The maximum Gasteiger partial charge on any atom is 0.314 e. The van der Waals surface area contributed by atoms with Crippen molar-refractivity contribution in [2.45, 2.75) is 26.0 Å². The van der Waals surface area contributed by atoms with Crippen LogP contribution in [0, 0.1) is 5.92 Å². The van der Waals surface area contributed by atoms with Crippen molar-refractivity contribution < 1.29 is 18.8 Å². The molecular weight excluding hydrogens is 358 g/mol. The van der Waals surface area contributed by atoms with Crippen LogP contribution in [0.25, 0.3) is 11.0 Å². The Hall–Kier alpha value is -3.12. The summed E-state index contributed by atoms with van der Waals surface area (Å²) in [5.41, 5.74) is 1.44. The lowest BCUT2D eigenvalue weighted by Gasteiger charge is -2.26. The number of esters is 1. The number of rotatable bonds is 4. The van der Waals surface area contributed by atoms with Crippen LogP contribution in [0.15, 0.2) is 70.1 Å². The van der Waals surface area contributed by atoms with Gasteiger partial charge in [-0.05, 0) is 38.1 Å². The first-order valence-electron chi connectivity index (χ1n) is 9.30. The molecule has 0 saturated carbocycles. The van der Waals surface area contributed by atoms with Gasteiger partial charge in [-0.25, -0.2) is 5.06 Å². The normalized spacial score (nSPS) is 21.8. The first-order valence-corrected chi connectivity index (χ1v) is 9.30. The molecule has 2 heterocycles. The zero-order valence-corrected chi connectivity index (χ0v) is 15.7. The Kier molecular flexibility index (Phi) is 4.88. The molecule has 0 amide bonds. The SMILES string of the molecule is CCOC(=O)[C@H]1[C@H](C)ON(c2ccccc2)[C@@H]1c1coc2ccccc2c1=O. The quantitative estimate of drug-likeness (QED) is 0.642. The molecular formula is C22H21NO5. The van der Waals surface area contributed by atoms with Crippen LogP contribution in [-0.2, 0) is 14.4 Å². The molecule has 0 bridgehead atoms. The molecule has 3 atom stereocenters. The zero-order valence-electron chi connectivity index (χ0n) is 15.7. The van der Waals surface area contributed by atoms with Gasteiger partial charge >= 0.3 is 5.97 Å². The molecule has 2 aromatic carbocycles. The lowest BCUT2D eigenvalue weighted by atomic mass is 9.90. The molecule has 3 aromatic rings. The summed E-state index contributed by atoms with van der Waals surface area (Å²) in [5, 5.41) is 2.09. The van der Waals surface area contributed by atoms with Crippen LogP contribution in [0.4, 0.5) is 5.69 Å². The van der Waals surface area contributed by atoms with Crippen molar-refractivity contribution in [1.29, 1.82) is 0 Å². The third-order valence-electron chi connectivity index (χ3n) is 4.97. The maximum atomic E-state index is 13.2. The lowest BCUT2D eigenvalue weighted by Crippen LogP contribution is -2.33. The van der Waals surface area contributed by atoms with Crippen LogP contribution in [0.5, 0.6) is 0 Å². The molecule has 0 spiro atoms. The summed E-state index contributed by atoms with van der Waals surface area (Å²) >= 11 is 0. The summed E-state index contributed by atoms with van der Waals surface area (Å²) in [6.45, 7) is 3.82. The number of hydrogen-bond acceptors (Lipinski definition) is 6. The number of anilines is 1. The van der Waals surface area contributed by atoms with E-state index in [1.54, 1.807) is 37.1 Å². The van der Waals surface area contributed by atoms with Crippen LogP contribution < -0.4 is 10.5 Å². The average Bonchev–Trinajstić information content (AvgIpc) is 3.06. The Morgan fingerprint density at radius 3 is 2.57 bits per heavy atom. The van der Waals surface area contributed by atoms with E-state index in [9.17, 15) is 9.59 Å². The van der Waals surface area contributed by atoms with E-state index >= 15 is 0 Å². The number of carbonyl (C=O) groups excluding carboxylic acids is 1. The number of hydrogen-bond donors (Lipinski definition) is 0. The van der Waals surface area contributed by atoms with Crippen molar-refractivity contribution in [1.82, 2.24) is 0 Å². The van der Waals surface area contributed by atoms with Gasteiger partial charge in [0, 0.05) is 0 Å². The molecule has 1 fully saturated rings. The Morgan fingerprint density at radius 2 is 1.82 bits per heavy atom. The molecule has 28 heavy (non-hydrogen) atoms. The first-order chi connectivity index (χ1) is 13.6. The summed E-state index contributed by atoms with van der Waals surface area (Å²) in [4.78, 5) is 32.0. The van der Waals surface area contributed by atoms with Gasteiger partial charge in [0.1, 0.15) is 23.8 Å². The minimum atomic E-state index is -0.663. The molecule has 1 aliphatic heterocycles. The Balaban J connectivity index is 1.88. The second kappa shape index (κ2) is 7.48. The van der Waals surface area contributed by atoms with Gasteiger partial charge in [-0.1, -0.05) is 30.3 Å². The molecule has 1 aromatic heterocycles. The molecule has 0 radical (unpaired) electrons. The smallest absolute Gasteiger partial charge is 0.314 e. The van der Waals surface area contributed by atoms with Crippen LogP contribution in [-0.4, -0.2) is 18.7 Å². The molecule has 1 aliphatic rings. The highest BCUT2D eigenvalue weighted by atomic mass is 16.7. The average molecular weight is 379 g/mol. The third-order valence-corrected chi connectivity index (χ3v) is 4.97. The van der Waals surface area contributed by atoms with E-state index in [1.165, 1.54) is 6.26 Å². The third kappa shape index (κ3) is 3.05. The molecule has 6 heteroatoms. The van der Waals surface area contributed by atoms with Gasteiger partial charge in [0.2, 0.25) is 0 Å². The number of fused-ring (bicyclic) bond motifs is 1. The lowest BCUT2D eigenvalue weighted by molar-refractivity contribution is -0.149. The van der Waals surface area contributed by atoms with Crippen LogP contribution in [0.1, 0.15) is 25.5 Å². The summed E-state index contributed by atoms with van der Waals surface area (Å²) in [7, 11) is 0.